The van der Waals surface area contributed by atoms with Crippen LogP contribution in [-0.2, 0) is 11.2 Å². The number of ether oxygens (including phenoxy) is 1. The summed E-state index contributed by atoms with van der Waals surface area (Å²) in [7, 11) is 1.54. The molecule has 0 aliphatic carbocycles. The molecule has 0 atom stereocenters. The number of nitrogens with zero attached hydrogens (tertiary/aromatic N) is 1. The van der Waals surface area contributed by atoms with E-state index in [1.54, 1.807) is 44.2 Å². The number of hydrogen-bond acceptors (Lipinski definition) is 5. The quantitative estimate of drug-likeness (QED) is 0.439. The molecule has 154 valence electrons. The van der Waals surface area contributed by atoms with Gasteiger partial charge in [-0.25, -0.2) is 10.4 Å². The fourth-order valence-electron chi connectivity index (χ4n) is 3.18. The van der Waals surface area contributed by atoms with Crippen molar-refractivity contribution < 1.29 is 19.1 Å². The molecule has 2 rings (SSSR count). The zero-order valence-electron chi connectivity index (χ0n) is 17.8. The number of carbonyl (C=O) groups is 3. The molecule has 1 N–H and O–H groups in total. The summed E-state index contributed by atoms with van der Waals surface area (Å²) in [5.74, 6) is -0.492. The molecule has 0 aromatic heterocycles. The second kappa shape index (κ2) is 9.01. The molecule has 0 bridgehead atoms. The van der Waals surface area contributed by atoms with Crippen molar-refractivity contribution in [2.75, 3.05) is 7.11 Å². The van der Waals surface area contributed by atoms with Crippen LogP contribution in [0.15, 0.2) is 36.4 Å². The van der Waals surface area contributed by atoms with Crippen molar-refractivity contribution >= 4 is 18.1 Å². The molecular weight excluding hydrogens is 368 g/mol. The van der Waals surface area contributed by atoms with E-state index in [2.05, 4.69) is 5.43 Å². The maximum Gasteiger partial charge on any atom is 0.275 e. The number of imide groups is 1. The van der Waals surface area contributed by atoms with Crippen LogP contribution in [-0.4, -0.2) is 35.8 Å². The summed E-state index contributed by atoms with van der Waals surface area (Å²) >= 11 is 0. The van der Waals surface area contributed by atoms with Crippen LogP contribution in [0.3, 0.4) is 0 Å². The molecule has 0 aliphatic rings. The zero-order valence-corrected chi connectivity index (χ0v) is 17.8. The number of aldehydes is 1. The first-order valence-electron chi connectivity index (χ1n) is 9.50. The predicted octanol–water partition coefficient (Wildman–Crippen LogP) is 3.64. The first kappa shape index (κ1) is 22.3. The van der Waals surface area contributed by atoms with Crippen LogP contribution in [0, 0.1) is 13.8 Å². The number of aryl methyl sites for hydroxylation is 2. The number of hydrazine groups is 1. The van der Waals surface area contributed by atoms with Crippen molar-refractivity contribution in [3.05, 3.63) is 64.2 Å². The van der Waals surface area contributed by atoms with E-state index in [1.165, 1.54) is 7.11 Å². The summed E-state index contributed by atoms with van der Waals surface area (Å²) in [6.07, 6.45) is 1.21. The summed E-state index contributed by atoms with van der Waals surface area (Å²) < 4.78 is 5.37. The molecule has 0 heterocycles. The van der Waals surface area contributed by atoms with Crippen LogP contribution in [0.25, 0.3) is 0 Å². The van der Waals surface area contributed by atoms with Gasteiger partial charge in [0.2, 0.25) is 0 Å². The Bertz CT molecular complexity index is 914. The van der Waals surface area contributed by atoms with Gasteiger partial charge < -0.3 is 9.53 Å². The minimum absolute atomic E-state index is 0.346. The van der Waals surface area contributed by atoms with Crippen LogP contribution in [0.2, 0.25) is 0 Å². The molecule has 29 heavy (non-hydrogen) atoms. The topological polar surface area (TPSA) is 75.7 Å². The van der Waals surface area contributed by atoms with Crippen molar-refractivity contribution in [3.8, 4) is 5.75 Å². The molecular formula is C23H28N2O4. The first-order chi connectivity index (χ1) is 13.6. The molecule has 2 aromatic rings. The number of benzene rings is 2. The summed E-state index contributed by atoms with van der Waals surface area (Å²) in [6.45, 7) is 8.88. The lowest BCUT2D eigenvalue weighted by Gasteiger charge is -2.30. The SMILES string of the molecule is CCc1c(OC)cccc1C(=O)N(NC(C)(C)C=O)C(=O)c1cc(C)cc(C)c1. The number of nitrogens with one attached hydrogen (secondary N) is 1. The summed E-state index contributed by atoms with van der Waals surface area (Å²) in [6, 6.07) is 10.5. The highest BCUT2D eigenvalue weighted by Crippen LogP contribution is 2.25. The van der Waals surface area contributed by atoms with E-state index < -0.39 is 17.4 Å². The highest BCUT2D eigenvalue weighted by molar-refractivity contribution is 6.11. The maximum atomic E-state index is 13.4. The van der Waals surface area contributed by atoms with Crippen LogP contribution < -0.4 is 10.2 Å². The van der Waals surface area contributed by atoms with Gasteiger partial charge in [0.1, 0.15) is 12.0 Å². The van der Waals surface area contributed by atoms with E-state index in [-0.39, 0.29) is 0 Å². The summed E-state index contributed by atoms with van der Waals surface area (Å²) in [5.41, 5.74) is 4.90. The van der Waals surface area contributed by atoms with Crippen molar-refractivity contribution in [3.63, 3.8) is 0 Å². The van der Waals surface area contributed by atoms with Crippen molar-refractivity contribution in [1.29, 1.82) is 0 Å². The van der Waals surface area contributed by atoms with E-state index >= 15 is 0 Å². The molecule has 0 fully saturated rings. The summed E-state index contributed by atoms with van der Waals surface area (Å²) in [4.78, 5) is 38.2. The molecule has 6 nitrogen and oxygen atoms in total. The lowest BCUT2D eigenvalue weighted by molar-refractivity contribution is -0.113. The van der Waals surface area contributed by atoms with Gasteiger partial charge in [-0.1, -0.05) is 30.2 Å². The molecule has 0 aliphatic heterocycles. The van der Waals surface area contributed by atoms with Gasteiger partial charge in [0.15, 0.2) is 0 Å². The van der Waals surface area contributed by atoms with E-state index in [0.717, 1.165) is 16.1 Å². The van der Waals surface area contributed by atoms with Gasteiger partial charge in [-0.3, -0.25) is 9.59 Å². The monoisotopic (exact) mass is 396 g/mol. The molecule has 0 unspecified atom stereocenters. The Kier molecular flexibility index (Phi) is 6.93. The maximum absolute atomic E-state index is 13.4. The minimum atomic E-state index is -1.12. The number of rotatable bonds is 7. The Hall–Kier alpha value is -2.99. The third kappa shape index (κ3) is 5.09. The lowest BCUT2D eigenvalue weighted by atomic mass is 10.0. The highest BCUT2D eigenvalue weighted by atomic mass is 16.5. The number of hydrogen-bond donors (Lipinski definition) is 1. The van der Waals surface area contributed by atoms with E-state index in [1.807, 2.05) is 26.8 Å². The molecule has 0 saturated heterocycles. The second-order valence-corrected chi connectivity index (χ2v) is 7.61. The van der Waals surface area contributed by atoms with Gasteiger partial charge in [-0.2, -0.15) is 0 Å². The average Bonchev–Trinajstić information content (AvgIpc) is 2.69. The average molecular weight is 396 g/mol. The van der Waals surface area contributed by atoms with Gasteiger partial charge in [-0.15, -0.1) is 0 Å². The molecule has 6 heteroatoms. The van der Waals surface area contributed by atoms with Crippen LogP contribution in [0.1, 0.15) is 58.2 Å². The van der Waals surface area contributed by atoms with E-state index in [0.29, 0.717) is 35.1 Å². The smallest absolute Gasteiger partial charge is 0.275 e. The lowest BCUT2D eigenvalue weighted by Crippen LogP contribution is -2.57. The van der Waals surface area contributed by atoms with Gasteiger partial charge in [-0.05, 0) is 58.4 Å². The molecule has 0 radical (unpaired) electrons. The number of carbonyl (C=O) groups excluding carboxylic acids is 3. The fourth-order valence-corrected chi connectivity index (χ4v) is 3.18. The minimum Gasteiger partial charge on any atom is -0.496 e. The van der Waals surface area contributed by atoms with Crippen molar-refractivity contribution in [2.24, 2.45) is 0 Å². The van der Waals surface area contributed by atoms with Crippen LogP contribution in [0.4, 0.5) is 0 Å². The Morgan fingerprint density at radius 3 is 2.24 bits per heavy atom. The Balaban J connectivity index is 2.58. The van der Waals surface area contributed by atoms with Crippen LogP contribution in [0.5, 0.6) is 5.75 Å². The predicted molar refractivity (Wildman–Crippen MR) is 112 cm³/mol. The Labute approximate surface area is 171 Å². The molecule has 0 saturated carbocycles. The van der Waals surface area contributed by atoms with Crippen molar-refractivity contribution in [2.45, 2.75) is 46.6 Å². The first-order valence-corrected chi connectivity index (χ1v) is 9.50. The Morgan fingerprint density at radius 2 is 1.72 bits per heavy atom. The summed E-state index contributed by atoms with van der Waals surface area (Å²) in [5, 5.41) is 0.927. The third-order valence-electron chi connectivity index (χ3n) is 4.51. The number of amides is 2. The van der Waals surface area contributed by atoms with Gasteiger partial charge in [0, 0.05) is 16.7 Å². The van der Waals surface area contributed by atoms with E-state index in [9.17, 15) is 14.4 Å². The molecule has 2 amide bonds. The third-order valence-corrected chi connectivity index (χ3v) is 4.51. The normalized spacial score (nSPS) is 11.1. The van der Waals surface area contributed by atoms with E-state index in [4.69, 9.17) is 4.74 Å². The standard InChI is InChI=1S/C23H28N2O4/c1-7-18-19(9-8-10-20(18)29-6)22(28)25(24-23(4,5)14-26)21(27)17-12-15(2)11-16(3)13-17/h8-14,24H,7H2,1-6H3. The van der Waals surface area contributed by atoms with Crippen molar-refractivity contribution in [1.82, 2.24) is 10.4 Å². The van der Waals surface area contributed by atoms with Gasteiger partial charge in [0.25, 0.3) is 11.8 Å². The Morgan fingerprint density at radius 1 is 1.10 bits per heavy atom. The largest absolute Gasteiger partial charge is 0.496 e. The second-order valence-electron chi connectivity index (χ2n) is 7.61. The molecule has 2 aromatic carbocycles. The number of methoxy groups -OCH3 is 1. The van der Waals surface area contributed by atoms with Gasteiger partial charge >= 0.3 is 0 Å². The highest BCUT2D eigenvalue weighted by Gasteiger charge is 2.31. The van der Waals surface area contributed by atoms with Gasteiger partial charge in [0.05, 0.1) is 12.6 Å². The zero-order chi connectivity index (χ0) is 21.8. The fraction of sp³-hybridized carbons (Fsp3) is 0.348. The van der Waals surface area contributed by atoms with Crippen LogP contribution >= 0.6 is 0 Å². The molecule has 0 spiro atoms.